The molecule has 3 N–H and O–H groups in total. The Balaban J connectivity index is 1.36. The number of rotatable bonds is 6. The lowest BCUT2D eigenvalue weighted by Crippen LogP contribution is -2.44. The largest absolute Gasteiger partial charge is 0.392 e. The number of pyridine rings is 1. The van der Waals surface area contributed by atoms with E-state index >= 15 is 0 Å². The van der Waals surface area contributed by atoms with Gasteiger partial charge in [0.15, 0.2) is 5.82 Å². The predicted octanol–water partition coefficient (Wildman–Crippen LogP) is 3.14. The van der Waals surface area contributed by atoms with Gasteiger partial charge in [0.1, 0.15) is 11.9 Å². The molecule has 11 nitrogen and oxygen atoms in total. The lowest BCUT2D eigenvalue weighted by molar-refractivity contribution is 0.281. The monoisotopic (exact) mass is 608 g/mol. The van der Waals surface area contributed by atoms with Gasteiger partial charge in [-0.1, -0.05) is 32.9 Å². The number of aromatic nitrogens is 5. The minimum absolute atomic E-state index is 0.0749. The highest BCUT2D eigenvalue weighted by Crippen LogP contribution is 2.29. The lowest BCUT2D eigenvalue weighted by atomic mass is 9.86. The highest BCUT2D eigenvalue weighted by atomic mass is 16.3. The number of likely N-dealkylation sites (N-methyl/N-ethyl adjacent to an activating group) is 1. The van der Waals surface area contributed by atoms with Gasteiger partial charge in [0, 0.05) is 43.0 Å². The molecule has 234 valence electrons. The van der Waals surface area contributed by atoms with E-state index in [1.165, 1.54) is 14.9 Å². The number of hydrogen-bond donors (Lipinski definition) is 3. The Morgan fingerprint density at radius 3 is 2.56 bits per heavy atom. The van der Waals surface area contributed by atoms with Gasteiger partial charge in [-0.05, 0) is 78.7 Å². The zero-order chi connectivity index (χ0) is 31.9. The van der Waals surface area contributed by atoms with E-state index in [4.69, 9.17) is 0 Å². The standard InChI is InChI=1S/C34H40N8O3/c1-34(2,3)24-7-8-25-23(16-24)19-38-42(32(25)44)31-27(20-43)26(12-15-36-31)28-17-29(33(45)41(5)39-28)40(4)30-9-6-22(18-37-30)21-10-13-35-14-11-21/h6-9,12,15-19,21,30,35,37,43H,10-11,13-14,20H2,1-5H3. The van der Waals surface area contributed by atoms with Crippen LogP contribution >= 0.6 is 0 Å². The van der Waals surface area contributed by atoms with Crippen LogP contribution in [-0.4, -0.2) is 56.0 Å². The number of dihydropyridines is 1. The number of hydrogen-bond acceptors (Lipinski definition) is 9. The molecule has 0 radical (unpaired) electrons. The first-order valence-corrected chi connectivity index (χ1v) is 15.3. The van der Waals surface area contributed by atoms with Crippen LogP contribution in [0.5, 0.6) is 0 Å². The van der Waals surface area contributed by atoms with E-state index < -0.39 is 6.61 Å². The molecule has 3 aromatic heterocycles. The topological polar surface area (TPSA) is 130 Å². The SMILES string of the molecule is CN(c1cc(-c2ccnc(-n3ncc4cc(C(C)(C)C)ccc4c3=O)c2CO)nn(C)c1=O)C1C=CC(C2CCNCC2)=CN1. The van der Waals surface area contributed by atoms with Crippen molar-refractivity contribution in [2.45, 2.75) is 51.8 Å². The van der Waals surface area contributed by atoms with Crippen molar-refractivity contribution in [3.8, 4) is 17.1 Å². The molecule has 0 aliphatic carbocycles. The third-order valence-corrected chi connectivity index (χ3v) is 8.86. The summed E-state index contributed by atoms with van der Waals surface area (Å²) in [6.07, 6.45) is 11.5. The van der Waals surface area contributed by atoms with Crippen molar-refractivity contribution in [2.75, 3.05) is 25.0 Å². The van der Waals surface area contributed by atoms with Crippen LogP contribution in [0.2, 0.25) is 0 Å². The highest BCUT2D eigenvalue weighted by Gasteiger charge is 2.24. The molecule has 0 bridgehead atoms. The van der Waals surface area contributed by atoms with Crippen LogP contribution in [0.4, 0.5) is 5.69 Å². The second-order valence-electron chi connectivity index (χ2n) is 12.8. The Hall–Kier alpha value is -4.61. The third-order valence-electron chi connectivity index (χ3n) is 8.86. The fourth-order valence-electron chi connectivity index (χ4n) is 6.09. The van der Waals surface area contributed by atoms with Gasteiger partial charge in [-0.2, -0.15) is 14.9 Å². The van der Waals surface area contributed by atoms with Crippen LogP contribution in [0, 0.1) is 5.92 Å². The first kappa shape index (κ1) is 30.4. The molecule has 2 aliphatic rings. The highest BCUT2D eigenvalue weighted by molar-refractivity contribution is 5.82. The van der Waals surface area contributed by atoms with Crippen LogP contribution in [0.15, 0.2) is 76.2 Å². The maximum atomic E-state index is 13.6. The number of nitrogens with one attached hydrogen (secondary N) is 2. The Labute approximate surface area is 261 Å². The molecule has 11 heteroatoms. The van der Waals surface area contributed by atoms with E-state index in [2.05, 4.69) is 64.9 Å². The summed E-state index contributed by atoms with van der Waals surface area (Å²) in [6.45, 7) is 7.98. The summed E-state index contributed by atoms with van der Waals surface area (Å²) >= 11 is 0. The summed E-state index contributed by atoms with van der Waals surface area (Å²) in [4.78, 5) is 33.3. The number of aliphatic hydroxyl groups excluding tert-OH is 1. The average Bonchev–Trinajstić information content (AvgIpc) is 3.05. The number of anilines is 1. The van der Waals surface area contributed by atoms with Gasteiger partial charge in [0.25, 0.3) is 11.1 Å². The Morgan fingerprint density at radius 2 is 1.87 bits per heavy atom. The van der Waals surface area contributed by atoms with Crippen LogP contribution < -0.4 is 26.7 Å². The molecule has 0 spiro atoms. The number of piperidine rings is 1. The summed E-state index contributed by atoms with van der Waals surface area (Å²) in [7, 11) is 3.46. The van der Waals surface area contributed by atoms with E-state index in [1.54, 1.807) is 31.6 Å². The third kappa shape index (κ3) is 5.81. The fraction of sp³-hybridized carbons (Fsp3) is 0.382. The first-order valence-electron chi connectivity index (χ1n) is 15.3. The second-order valence-corrected chi connectivity index (χ2v) is 12.8. The van der Waals surface area contributed by atoms with Gasteiger partial charge in [-0.25, -0.2) is 9.67 Å². The molecule has 5 heterocycles. The van der Waals surface area contributed by atoms with Crippen LogP contribution in [0.3, 0.4) is 0 Å². The van der Waals surface area contributed by atoms with Crippen LogP contribution in [0.1, 0.15) is 44.7 Å². The maximum Gasteiger partial charge on any atom is 0.290 e. The zero-order valence-electron chi connectivity index (χ0n) is 26.4. The minimum Gasteiger partial charge on any atom is -0.392 e. The molecular weight excluding hydrogens is 568 g/mol. The van der Waals surface area contributed by atoms with Crippen molar-refractivity contribution in [2.24, 2.45) is 13.0 Å². The summed E-state index contributed by atoms with van der Waals surface area (Å²) < 4.78 is 2.50. The molecule has 6 rings (SSSR count). The van der Waals surface area contributed by atoms with Crippen molar-refractivity contribution >= 4 is 16.5 Å². The smallest absolute Gasteiger partial charge is 0.290 e. The molecule has 4 aromatic rings. The maximum absolute atomic E-state index is 13.6. The number of allylic oxidation sites excluding steroid dienone is 2. The number of fused-ring (bicyclic) bond motifs is 1. The second kappa shape index (κ2) is 12.1. The lowest BCUT2D eigenvalue weighted by Gasteiger charge is -2.32. The molecular formula is C34H40N8O3. The first-order chi connectivity index (χ1) is 21.6. The van der Waals surface area contributed by atoms with Gasteiger partial charge >= 0.3 is 0 Å². The molecule has 1 atom stereocenters. The van der Waals surface area contributed by atoms with Crippen molar-refractivity contribution in [3.63, 3.8) is 0 Å². The number of nitrogens with zero attached hydrogens (tertiary/aromatic N) is 6. The summed E-state index contributed by atoms with van der Waals surface area (Å²) in [5.41, 5.74) is 3.51. The Kier molecular flexibility index (Phi) is 8.15. The van der Waals surface area contributed by atoms with E-state index in [0.717, 1.165) is 36.9 Å². The van der Waals surface area contributed by atoms with Gasteiger partial charge in [-0.3, -0.25) is 9.59 Å². The number of benzene rings is 1. The Bertz CT molecular complexity index is 1930. The molecule has 1 fully saturated rings. The normalized spacial score (nSPS) is 17.3. The van der Waals surface area contributed by atoms with Crippen LogP contribution in [0.25, 0.3) is 27.8 Å². The molecule has 0 amide bonds. The van der Waals surface area contributed by atoms with E-state index in [1.807, 2.05) is 30.1 Å². The fourth-order valence-corrected chi connectivity index (χ4v) is 6.09. The van der Waals surface area contributed by atoms with Crippen molar-refractivity contribution in [1.82, 2.24) is 35.2 Å². The zero-order valence-corrected chi connectivity index (χ0v) is 26.4. The van der Waals surface area contributed by atoms with Crippen molar-refractivity contribution in [3.05, 3.63) is 98.5 Å². The van der Waals surface area contributed by atoms with E-state index in [9.17, 15) is 14.7 Å². The van der Waals surface area contributed by atoms with Gasteiger partial charge in [0.05, 0.1) is 23.9 Å². The average molecular weight is 609 g/mol. The van der Waals surface area contributed by atoms with Gasteiger partial charge in [0.2, 0.25) is 0 Å². The van der Waals surface area contributed by atoms with Crippen molar-refractivity contribution in [1.29, 1.82) is 0 Å². The number of aliphatic hydroxyl groups is 1. The summed E-state index contributed by atoms with van der Waals surface area (Å²) in [6, 6.07) is 9.19. The summed E-state index contributed by atoms with van der Waals surface area (Å²) in [5, 5.41) is 27.6. The quantitative estimate of drug-likeness (QED) is 0.302. The van der Waals surface area contributed by atoms with Crippen molar-refractivity contribution < 1.29 is 5.11 Å². The number of aryl methyl sites for hydroxylation is 1. The Morgan fingerprint density at radius 1 is 1.09 bits per heavy atom. The molecule has 1 unspecified atom stereocenters. The van der Waals surface area contributed by atoms with E-state index in [-0.39, 0.29) is 28.5 Å². The molecule has 0 saturated carbocycles. The molecule has 1 aromatic carbocycles. The van der Waals surface area contributed by atoms with E-state index in [0.29, 0.717) is 33.8 Å². The molecule has 45 heavy (non-hydrogen) atoms. The summed E-state index contributed by atoms with van der Waals surface area (Å²) in [5.74, 6) is 0.727. The predicted molar refractivity (Wildman–Crippen MR) is 176 cm³/mol. The molecule has 1 saturated heterocycles. The van der Waals surface area contributed by atoms with Gasteiger partial charge < -0.3 is 20.6 Å². The van der Waals surface area contributed by atoms with Crippen LogP contribution in [-0.2, 0) is 19.1 Å². The molecule has 2 aliphatic heterocycles. The van der Waals surface area contributed by atoms with Gasteiger partial charge in [-0.15, -0.1) is 0 Å². The minimum atomic E-state index is -0.416.